The fourth-order valence-electron chi connectivity index (χ4n) is 1.05. The summed E-state index contributed by atoms with van der Waals surface area (Å²) in [6.45, 7) is -0.590. The maximum Gasteiger partial charge on any atom is 0.146 e. The first-order valence-corrected chi connectivity index (χ1v) is 4.08. The first-order chi connectivity index (χ1) is 6.56. The van der Waals surface area contributed by atoms with Gasteiger partial charge in [0.1, 0.15) is 18.0 Å². The van der Waals surface area contributed by atoms with Crippen LogP contribution in [-0.4, -0.2) is 28.0 Å². The topological polar surface area (TPSA) is 86.7 Å². The van der Waals surface area contributed by atoms with E-state index in [0.29, 0.717) is 0 Å². The molecule has 1 rings (SSSR count). The maximum absolute atomic E-state index is 12.9. The molecule has 0 fully saturated rings. The molecular weight excluding hydrogens is 189 g/mol. The zero-order valence-corrected chi connectivity index (χ0v) is 7.39. The smallest absolute Gasteiger partial charge is 0.146 e. The second-order valence-corrected chi connectivity index (χ2v) is 2.98. The summed E-state index contributed by atoms with van der Waals surface area (Å²) in [5.74, 6) is -0.660. The van der Waals surface area contributed by atoms with Gasteiger partial charge >= 0.3 is 0 Å². The Morgan fingerprint density at radius 3 is 2.50 bits per heavy atom. The van der Waals surface area contributed by atoms with E-state index in [1.807, 2.05) is 0 Å². The average molecular weight is 201 g/mol. The van der Waals surface area contributed by atoms with Gasteiger partial charge in [-0.1, -0.05) is 6.07 Å². The van der Waals surface area contributed by atoms with E-state index >= 15 is 0 Å². The number of aliphatic hydroxyl groups excluding tert-OH is 3. The number of nitrogen functional groups attached to an aromatic ring is 1. The lowest BCUT2D eigenvalue weighted by Crippen LogP contribution is -2.22. The fraction of sp³-hybridized carbons (Fsp3) is 0.333. The Bertz CT molecular complexity index is 319. The standard InChI is InChI=1S/C9H12FNO3/c10-6-3-5(1-2-7(6)11)9(14)8(13)4-12/h1-3,8-9,12-14H,4,11H2. The number of hydrogen-bond acceptors (Lipinski definition) is 4. The molecule has 1 aromatic rings. The SMILES string of the molecule is Nc1ccc(C(O)C(O)CO)cc1F. The van der Waals surface area contributed by atoms with Crippen LogP contribution in [0.3, 0.4) is 0 Å². The molecule has 4 nitrogen and oxygen atoms in total. The van der Waals surface area contributed by atoms with Crippen LogP contribution in [0.5, 0.6) is 0 Å². The van der Waals surface area contributed by atoms with Crippen molar-refractivity contribution >= 4 is 5.69 Å². The van der Waals surface area contributed by atoms with Crippen LogP contribution >= 0.6 is 0 Å². The number of rotatable bonds is 3. The minimum Gasteiger partial charge on any atom is -0.396 e. The highest BCUT2D eigenvalue weighted by atomic mass is 19.1. The number of anilines is 1. The molecule has 5 N–H and O–H groups in total. The van der Waals surface area contributed by atoms with Crippen molar-refractivity contribution in [2.75, 3.05) is 12.3 Å². The van der Waals surface area contributed by atoms with Crippen molar-refractivity contribution in [2.24, 2.45) is 0 Å². The van der Waals surface area contributed by atoms with Crippen LogP contribution in [0.4, 0.5) is 10.1 Å². The molecule has 1 aromatic carbocycles. The van der Waals surface area contributed by atoms with Crippen LogP contribution in [0.25, 0.3) is 0 Å². The molecule has 0 amide bonds. The van der Waals surface area contributed by atoms with E-state index < -0.39 is 24.6 Å². The number of benzene rings is 1. The van der Waals surface area contributed by atoms with E-state index in [-0.39, 0.29) is 11.3 Å². The molecule has 14 heavy (non-hydrogen) atoms. The van der Waals surface area contributed by atoms with Crippen molar-refractivity contribution in [3.63, 3.8) is 0 Å². The van der Waals surface area contributed by atoms with Gasteiger partial charge in [-0.15, -0.1) is 0 Å². The van der Waals surface area contributed by atoms with Gasteiger partial charge in [0.05, 0.1) is 12.3 Å². The molecule has 0 radical (unpaired) electrons. The minimum atomic E-state index is -1.32. The second-order valence-electron chi connectivity index (χ2n) is 2.98. The van der Waals surface area contributed by atoms with E-state index in [0.717, 1.165) is 6.07 Å². The first-order valence-electron chi connectivity index (χ1n) is 4.08. The van der Waals surface area contributed by atoms with E-state index in [4.69, 9.17) is 15.9 Å². The molecule has 5 heteroatoms. The monoisotopic (exact) mass is 201 g/mol. The lowest BCUT2D eigenvalue weighted by Gasteiger charge is -2.15. The number of aliphatic hydroxyl groups is 3. The lowest BCUT2D eigenvalue weighted by atomic mass is 10.0. The van der Waals surface area contributed by atoms with Crippen LogP contribution in [0.15, 0.2) is 18.2 Å². The third-order valence-corrected chi connectivity index (χ3v) is 1.92. The predicted molar refractivity (Wildman–Crippen MR) is 48.9 cm³/mol. The van der Waals surface area contributed by atoms with Gasteiger partial charge in [0, 0.05) is 0 Å². The normalized spacial score (nSPS) is 15.1. The van der Waals surface area contributed by atoms with Gasteiger partial charge < -0.3 is 21.1 Å². The molecule has 2 atom stereocenters. The van der Waals surface area contributed by atoms with Crippen molar-refractivity contribution in [3.05, 3.63) is 29.6 Å². The van der Waals surface area contributed by atoms with Crippen LogP contribution in [-0.2, 0) is 0 Å². The molecule has 0 saturated heterocycles. The molecule has 0 aliphatic heterocycles. The Balaban J connectivity index is 2.91. The van der Waals surface area contributed by atoms with Gasteiger partial charge in [-0.3, -0.25) is 0 Å². The Kier molecular flexibility index (Phi) is 3.40. The van der Waals surface area contributed by atoms with Gasteiger partial charge in [-0.05, 0) is 17.7 Å². The summed E-state index contributed by atoms with van der Waals surface area (Å²) in [6, 6.07) is 3.71. The molecule has 0 aliphatic rings. The van der Waals surface area contributed by atoms with E-state index in [1.54, 1.807) is 0 Å². The maximum atomic E-state index is 12.9. The van der Waals surface area contributed by atoms with Crippen molar-refractivity contribution in [1.82, 2.24) is 0 Å². The van der Waals surface area contributed by atoms with Crippen molar-refractivity contribution < 1.29 is 19.7 Å². The van der Waals surface area contributed by atoms with Crippen molar-refractivity contribution in [1.29, 1.82) is 0 Å². The molecule has 0 spiro atoms. The van der Waals surface area contributed by atoms with Gasteiger partial charge in [-0.25, -0.2) is 4.39 Å². The van der Waals surface area contributed by atoms with Crippen LogP contribution in [0, 0.1) is 5.82 Å². The molecule has 0 saturated carbocycles. The van der Waals surface area contributed by atoms with Crippen LogP contribution < -0.4 is 5.73 Å². The molecular formula is C9H12FNO3. The summed E-state index contributed by atoms with van der Waals surface area (Å²) in [4.78, 5) is 0. The zero-order valence-electron chi connectivity index (χ0n) is 7.39. The number of nitrogens with two attached hydrogens (primary N) is 1. The summed E-state index contributed by atoms with van der Waals surface area (Å²) in [5.41, 5.74) is 5.38. The van der Waals surface area contributed by atoms with Gasteiger partial charge in [0.15, 0.2) is 0 Å². The van der Waals surface area contributed by atoms with E-state index in [1.165, 1.54) is 12.1 Å². The summed E-state index contributed by atoms with van der Waals surface area (Å²) in [7, 11) is 0. The van der Waals surface area contributed by atoms with Crippen molar-refractivity contribution in [2.45, 2.75) is 12.2 Å². The summed E-state index contributed by atoms with van der Waals surface area (Å²) >= 11 is 0. The van der Waals surface area contributed by atoms with Crippen molar-refractivity contribution in [3.8, 4) is 0 Å². The number of hydrogen-bond donors (Lipinski definition) is 4. The van der Waals surface area contributed by atoms with Gasteiger partial charge in [0.2, 0.25) is 0 Å². The Morgan fingerprint density at radius 2 is 2.00 bits per heavy atom. The van der Waals surface area contributed by atoms with E-state index in [2.05, 4.69) is 0 Å². The molecule has 0 heterocycles. The van der Waals surface area contributed by atoms with E-state index in [9.17, 15) is 9.50 Å². The summed E-state index contributed by atoms with van der Waals surface area (Å²) in [6.07, 6.45) is -2.63. The Morgan fingerprint density at radius 1 is 1.36 bits per heavy atom. The summed E-state index contributed by atoms with van der Waals surface area (Å²) < 4.78 is 12.9. The Labute approximate surface area is 80.4 Å². The molecule has 78 valence electrons. The average Bonchev–Trinajstić information content (AvgIpc) is 2.20. The highest BCUT2D eigenvalue weighted by molar-refractivity contribution is 5.41. The summed E-state index contributed by atoms with van der Waals surface area (Å²) in [5, 5.41) is 27.0. The zero-order chi connectivity index (χ0) is 10.7. The lowest BCUT2D eigenvalue weighted by molar-refractivity contribution is -0.0153. The minimum absolute atomic E-state index is 0.0283. The second kappa shape index (κ2) is 4.36. The molecule has 0 aromatic heterocycles. The highest BCUT2D eigenvalue weighted by Crippen LogP contribution is 2.20. The fourth-order valence-corrected chi connectivity index (χ4v) is 1.05. The quantitative estimate of drug-likeness (QED) is 0.510. The third kappa shape index (κ3) is 2.20. The predicted octanol–water partition coefficient (Wildman–Crippen LogP) is -0.205. The molecule has 0 bridgehead atoms. The third-order valence-electron chi connectivity index (χ3n) is 1.92. The first kappa shape index (κ1) is 10.9. The molecule has 2 unspecified atom stereocenters. The van der Waals surface area contributed by atoms with Gasteiger partial charge in [0.25, 0.3) is 0 Å². The largest absolute Gasteiger partial charge is 0.396 e. The Hall–Kier alpha value is -1.17. The van der Waals surface area contributed by atoms with Crippen LogP contribution in [0.1, 0.15) is 11.7 Å². The van der Waals surface area contributed by atoms with Gasteiger partial charge in [-0.2, -0.15) is 0 Å². The van der Waals surface area contributed by atoms with Crippen LogP contribution in [0.2, 0.25) is 0 Å². The highest BCUT2D eigenvalue weighted by Gasteiger charge is 2.18. The number of halogens is 1. The molecule has 0 aliphatic carbocycles.